The molecular formula is C11H17N3O2. The number of nitrogens with two attached hydrogens (primary N) is 1. The van der Waals surface area contributed by atoms with Gasteiger partial charge in [-0.2, -0.15) is 0 Å². The Morgan fingerprint density at radius 3 is 2.56 bits per heavy atom. The van der Waals surface area contributed by atoms with E-state index in [-0.39, 0.29) is 11.4 Å². The van der Waals surface area contributed by atoms with Gasteiger partial charge in [0.1, 0.15) is 22.8 Å². The fourth-order valence-electron chi connectivity index (χ4n) is 1.09. The molecule has 0 amide bonds. The van der Waals surface area contributed by atoms with Crippen LogP contribution in [0.5, 0.6) is 0 Å². The number of hydrogen-bond donors (Lipinski definition) is 1. The van der Waals surface area contributed by atoms with Crippen molar-refractivity contribution in [1.82, 2.24) is 9.97 Å². The SMILES string of the molecule is CCc1ncc(C(=O)OC(C)(C)C)c(N)n1. The fourth-order valence-corrected chi connectivity index (χ4v) is 1.09. The summed E-state index contributed by atoms with van der Waals surface area (Å²) in [6, 6.07) is 0. The summed E-state index contributed by atoms with van der Waals surface area (Å²) in [5, 5.41) is 0. The molecule has 1 rings (SSSR count). The molecule has 5 heteroatoms. The molecule has 0 aliphatic rings. The lowest BCUT2D eigenvalue weighted by Crippen LogP contribution is -2.25. The first-order valence-electron chi connectivity index (χ1n) is 5.18. The molecule has 88 valence electrons. The van der Waals surface area contributed by atoms with Gasteiger partial charge in [-0.05, 0) is 20.8 Å². The number of carbonyl (C=O) groups excluding carboxylic acids is 1. The van der Waals surface area contributed by atoms with Crippen molar-refractivity contribution in [2.75, 3.05) is 5.73 Å². The maximum Gasteiger partial charge on any atom is 0.344 e. The maximum absolute atomic E-state index is 11.7. The van der Waals surface area contributed by atoms with Gasteiger partial charge in [-0.25, -0.2) is 14.8 Å². The Morgan fingerprint density at radius 2 is 2.12 bits per heavy atom. The predicted molar refractivity (Wildman–Crippen MR) is 61.0 cm³/mol. The van der Waals surface area contributed by atoms with Crippen LogP contribution in [0.25, 0.3) is 0 Å². The third-order valence-electron chi connectivity index (χ3n) is 1.80. The van der Waals surface area contributed by atoms with E-state index in [9.17, 15) is 4.79 Å². The number of ether oxygens (including phenoxy) is 1. The van der Waals surface area contributed by atoms with E-state index in [1.807, 2.05) is 6.92 Å². The summed E-state index contributed by atoms with van der Waals surface area (Å²) in [4.78, 5) is 19.7. The second kappa shape index (κ2) is 4.47. The van der Waals surface area contributed by atoms with Crippen LogP contribution in [0.4, 0.5) is 5.82 Å². The Kier molecular flexibility index (Phi) is 3.47. The normalized spacial score (nSPS) is 11.2. The van der Waals surface area contributed by atoms with Crippen LogP contribution in [-0.4, -0.2) is 21.5 Å². The lowest BCUT2D eigenvalue weighted by molar-refractivity contribution is 0.00699. The van der Waals surface area contributed by atoms with Crippen LogP contribution in [-0.2, 0) is 11.2 Å². The largest absolute Gasteiger partial charge is 0.456 e. The summed E-state index contributed by atoms with van der Waals surface area (Å²) in [5.41, 5.74) is 5.33. The third kappa shape index (κ3) is 3.18. The van der Waals surface area contributed by atoms with Crippen molar-refractivity contribution in [3.63, 3.8) is 0 Å². The Bertz CT molecular complexity index is 397. The van der Waals surface area contributed by atoms with E-state index in [1.54, 1.807) is 20.8 Å². The molecule has 0 aliphatic heterocycles. The van der Waals surface area contributed by atoms with Crippen molar-refractivity contribution in [2.45, 2.75) is 39.7 Å². The summed E-state index contributed by atoms with van der Waals surface area (Å²) in [6.07, 6.45) is 2.09. The van der Waals surface area contributed by atoms with Gasteiger partial charge in [-0.1, -0.05) is 6.92 Å². The quantitative estimate of drug-likeness (QED) is 0.770. The van der Waals surface area contributed by atoms with Gasteiger partial charge in [0.05, 0.1) is 0 Å². The molecule has 0 unspecified atom stereocenters. The van der Waals surface area contributed by atoms with Gasteiger partial charge in [0.15, 0.2) is 0 Å². The van der Waals surface area contributed by atoms with Gasteiger partial charge < -0.3 is 10.5 Å². The third-order valence-corrected chi connectivity index (χ3v) is 1.80. The fraction of sp³-hybridized carbons (Fsp3) is 0.545. The summed E-state index contributed by atoms with van der Waals surface area (Å²) >= 11 is 0. The standard InChI is InChI=1S/C11H17N3O2/c1-5-8-13-6-7(9(12)14-8)10(15)16-11(2,3)4/h6H,5H2,1-4H3,(H2,12,13,14). The highest BCUT2D eigenvalue weighted by molar-refractivity contribution is 5.93. The molecule has 5 nitrogen and oxygen atoms in total. The second-order valence-electron chi connectivity index (χ2n) is 4.44. The molecule has 0 spiro atoms. The van der Waals surface area contributed by atoms with E-state index >= 15 is 0 Å². The van der Waals surface area contributed by atoms with Crippen molar-refractivity contribution >= 4 is 11.8 Å². The van der Waals surface area contributed by atoms with Crippen LogP contribution in [0, 0.1) is 0 Å². The minimum Gasteiger partial charge on any atom is -0.456 e. The molecular weight excluding hydrogens is 206 g/mol. The lowest BCUT2D eigenvalue weighted by Gasteiger charge is -2.19. The topological polar surface area (TPSA) is 78.1 Å². The molecule has 1 heterocycles. The van der Waals surface area contributed by atoms with E-state index in [1.165, 1.54) is 6.20 Å². The van der Waals surface area contributed by atoms with Crippen LogP contribution in [0.3, 0.4) is 0 Å². The van der Waals surface area contributed by atoms with Crippen molar-refractivity contribution in [2.24, 2.45) is 0 Å². The molecule has 0 fully saturated rings. The van der Waals surface area contributed by atoms with Crippen LogP contribution in [0.15, 0.2) is 6.20 Å². The van der Waals surface area contributed by atoms with Gasteiger partial charge in [0.25, 0.3) is 0 Å². The summed E-state index contributed by atoms with van der Waals surface area (Å²) < 4.78 is 5.18. The van der Waals surface area contributed by atoms with Crippen molar-refractivity contribution in [1.29, 1.82) is 0 Å². The first-order chi connectivity index (χ1) is 7.33. The number of nitrogens with zero attached hydrogens (tertiary/aromatic N) is 2. The Morgan fingerprint density at radius 1 is 1.50 bits per heavy atom. The zero-order chi connectivity index (χ0) is 12.3. The minimum absolute atomic E-state index is 0.168. The Hall–Kier alpha value is -1.65. The van der Waals surface area contributed by atoms with E-state index in [4.69, 9.17) is 10.5 Å². The van der Waals surface area contributed by atoms with Gasteiger partial charge >= 0.3 is 5.97 Å². The summed E-state index contributed by atoms with van der Waals surface area (Å²) in [5.74, 6) is 0.290. The lowest BCUT2D eigenvalue weighted by atomic mass is 10.2. The second-order valence-corrected chi connectivity index (χ2v) is 4.44. The number of aromatic nitrogens is 2. The number of aryl methyl sites for hydroxylation is 1. The molecule has 1 aromatic rings. The zero-order valence-corrected chi connectivity index (χ0v) is 10.1. The Balaban J connectivity index is 2.93. The van der Waals surface area contributed by atoms with E-state index in [2.05, 4.69) is 9.97 Å². The zero-order valence-electron chi connectivity index (χ0n) is 10.1. The van der Waals surface area contributed by atoms with Crippen LogP contribution >= 0.6 is 0 Å². The summed E-state index contributed by atoms with van der Waals surface area (Å²) in [7, 11) is 0. The van der Waals surface area contributed by atoms with Gasteiger partial charge in [0.2, 0.25) is 0 Å². The number of nitrogen functional groups attached to an aromatic ring is 1. The molecule has 0 saturated heterocycles. The molecule has 0 atom stereocenters. The number of carbonyl (C=O) groups is 1. The highest BCUT2D eigenvalue weighted by Gasteiger charge is 2.20. The predicted octanol–water partition coefficient (Wildman–Crippen LogP) is 1.58. The summed E-state index contributed by atoms with van der Waals surface area (Å²) in [6.45, 7) is 7.30. The average molecular weight is 223 g/mol. The molecule has 0 saturated carbocycles. The highest BCUT2D eigenvalue weighted by Crippen LogP contribution is 2.15. The van der Waals surface area contributed by atoms with Crippen LogP contribution in [0.1, 0.15) is 43.9 Å². The van der Waals surface area contributed by atoms with E-state index < -0.39 is 11.6 Å². The highest BCUT2D eigenvalue weighted by atomic mass is 16.6. The first-order valence-corrected chi connectivity index (χ1v) is 5.18. The van der Waals surface area contributed by atoms with Gasteiger partial charge in [0, 0.05) is 12.6 Å². The molecule has 0 aromatic carbocycles. The van der Waals surface area contributed by atoms with Gasteiger partial charge in [-0.3, -0.25) is 0 Å². The average Bonchev–Trinajstić information content (AvgIpc) is 2.14. The molecule has 1 aromatic heterocycles. The first kappa shape index (κ1) is 12.4. The molecule has 0 bridgehead atoms. The van der Waals surface area contributed by atoms with Crippen LogP contribution < -0.4 is 5.73 Å². The molecule has 2 N–H and O–H groups in total. The van der Waals surface area contributed by atoms with Crippen molar-refractivity contribution < 1.29 is 9.53 Å². The van der Waals surface area contributed by atoms with E-state index in [0.717, 1.165) is 0 Å². The van der Waals surface area contributed by atoms with Crippen LogP contribution in [0.2, 0.25) is 0 Å². The Labute approximate surface area is 95.0 Å². The molecule has 0 aliphatic carbocycles. The number of hydrogen-bond acceptors (Lipinski definition) is 5. The monoisotopic (exact) mass is 223 g/mol. The van der Waals surface area contributed by atoms with Crippen molar-refractivity contribution in [3.05, 3.63) is 17.6 Å². The minimum atomic E-state index is -0.549. The number of rotatable bonds is 2. The number of esters is 1. The van der Waals surface area contributed by atoms with Gasteiger partial charge in [-0.15, -0.1) is 0 Å². The molecule has 0 radical (unpaired) electrons. The maximum atomic E-state index is 11.7. The van der Waals surface area contributed by atoms with E-state index in [0.29, 0.717) is 12.2 Å². The van der Waals surface area contributed by atoms with Crippen molar-refractivity contribution in [3.8, 4) is 0 Å². The molecule has 16 heavy (non-hydrogen) atoms. The smallest absolute Gasteiger partial charge is 0.344 e. The number of anilines is 1.